The van der Waals surface area contributed by atoms with E-state index >= 15 is 0 Å². The SMILES string of the molecule is Cc1ccc([C@H]2CN(C)C(=O)[C@@H]2C(=O)Nc2cccc(F)c2C)cc1Cl. The number of nitrogens with one attached hydrogen (secondary N) is 1. The van der Waals surface area contributed by atoms with Gasteiger partial charge in [-0.15, -0.1) is 0 Å². The Morgan fingerprint density at radius 3 is 2.69 bits per heavy atom. The van der Waals surface area contributed by atoms with Crippen molar-refractivity contribution in [2.75, 3.05) is 18.9 Å². The molecule has 0 aliphatic carbocycles. The number of rotatable bonds is 3. The fourth-order valence-electron chi connectivity index (χ4n) is 3.29. The summed E-state index contributed by atoms with van der Waals surface area (Å²) >= 11 is 6.22. The summed E-state index contributed by atoms with van der Waals surface area (Å²) in [4.78, 5) is 27.0. The van der Waals surface area contributed by atoms with Crippen LogP contribution in [-0.4, -0.2) is 30.3 Å². The lowest BCUT2D eigenvalue weighted by Crippen LogP contribution is -2.33. The summed E-state index contributed by atoms with van der Waals surface area (Å²) in [5.74, 6) is -2.27. The van der Waals surface area contributed by atoms with Crippen LogP contribution in [0.4, 0.5) is 10.1 Å². The van der Waals surface area contributed by atoms with Crippen LogP contribution in [0.1, 0.15) is 22.6 Å². The number of nitrogens with zero attached hydrogens (tertiary/aromatic N) is 1. The maximum atomic E-state index is 13.7. The van der Waals surface area contributed by atoms with Crippen LogP contribution >= 0.6 is 11.6 Å². The second-order valence-electron chi connectivity index (χ2n) is 6.71. The molecule has 0 aromatic heterocycles. The second kappa shape index (κ2) is 7.08. The molecule has 6 heteroatoms. The van der Waals surface area contributed by atoms with Crippen LogP contribution < -0.4 is 5.32 Å². The molecule has 3 rings (SSSR count). The van der Waals surface area contributed by atoms with E-state index in [2.05, 4.69) is 5.32 Å². The quantitative estimate of drug-likeness (QED) is 0.828. The summed E-state index contributed by atoms with van der Waals surface area (Å²) in [5.41, 5.74) is 2.49. The van der Waals surface area contributed by atoms with Crippen molar-refractivity contribution in [3.8, 4) is 0 Å². The predicted molar refractivity (Wildman–Crippen MR) is 99.8 cm³/mol. The molecule has 1 saturated heterocycles. The molecule has 1 aliphatic rings. The molecular formula is C20H20ClFN2O2. The zero-order valence-corrected chi connectivity index (χ0v) is 15.6. The van der Waals surface area contributed by atoms with Crippen molar-refractivity contribution in [3.63, 3.8) is 0 Å². The van der Waals surface area contributed by atoms with E-state index in [0.29, 0.717) is 22.8 Å². The summed E-state index contributed by atoms with van der Waals surface area (Å²) in [6.45, 7) is 3.91. The Hall–Kier alpha value is -2.40. The highest BCUT2D eigenvalue weighted by molar-refractivity contribution is 6.31. The first kappa shape index (κ1) is 18.4. The average Bonchev–Trinajstić information content (AvgIpc) is 2.89. The van der Waals surface area contributed by atoms with Crippen LogP contribution in [0.3, 0.4) is 0 Å². The first-order valence-electron chi connectivity index (χ1n) is 8.36. The van der Waals surface area contributed by atoms with Crippen LogP contribution in [-0.2, 0) is 9.59 Å². The first-order chi connectivity index (χ1) is 12.3. The van der Waals surface area contributed by atoms with E-state index in [-0.39, 0.29) is 11.8 Å². The lowest BCUT2D eigenvalue weighted by Gasteiger charge is -2.18. The van der Waals surface area contributed by atoms with Gasteiger partial charge < -0.3 is 10.2 Å². The Morgan fingerprint density at radius 2 is 2.00 bits per heavy atom. The van der Waals surface area contributed by atoms with E-state index in [9.17, 15) is 14.0 Å². The van der Waals surface area contributed by atoms with Crippen molar-refractivity contribution in [2.45, 2.75) is 19.8 Å². The molecule has 26 heavy (non-hydrogen) atoms. The molecule has 0 unspecified atom stereocenters. The van der Waals surface area contributed by atoms with Crippen LogP contribution in [0.2, 0.25) is 5.02 Å². The summed E-state index contributed by atoms with van der Waals surface area (Å²) in [6, 6.07) is 10.1. The molecule has 4 nitrogen and oxygen atoms in total. The maximum absolute atomic E-state index is 13.7. The summed E-state index contributed by atoms with van der Waals surface area (Å²) in [7, 11) is 1.67. The van der Waals surface area contributed by atoms with Crippen LogP contribution in [0, 0.1) is 25.6 Å². The highest BCUT2D eigenvalue weighted by Gasteiger charge is 2.44. The van der Waals surface area contributed by atoms with Gasteiger partial charge in [0.2, 0.25) is 11.8 Å². The molecule has 0 radical (unpaired) electrons. The second-order valence-corrected chi connectivity index (χ2v) is 7.12. The number of carbonyl (C=O) groups is 2. The van der Waals surface area contributed by atoms with E-state index in [1.165, 1.54) is 12.1 Å². The largest absolute Gasteiger partial charge is 0.344 e. The molecule has 136 valence electrons. The van der Waals surface area contributed by atoms with Crippen molar-refractivity contribution in [1.29, 1.82) is 0 Å². The zero-order chi connectivity index (χ0) is 19.0. The van der Waals surface area contributed by atoms with Crippen LogP contribution in [0.5, 0.6) is 0 Å². The lowest BCUT2D eigenvalue weighted by atomic mass is 9.87. The summed E-state index contributed by atoms with van der Waals surface area (Å²) in [5, 5.41) is 3.31. The Morgan fingerprint density at radius 1 is 1.27 bits per heavy atom. The van der Waals surface area contributed by atoms with E-state index < -0.39 is 17.6 Å². The number of hydrogen-bond acceptors (Lipinski definition) is 2. The van der Waals surface area contributed by atoms with Gasteiger partial charge in [0.15, 0.2) is 0 Å². The molecule has 2 aromatic rings. The number of aryl methyl sites for hydroxylation is 1. The first-order valence-corrected chi connectivity index (χ1v) is 8.74. The molecule has 0 bridgehead atoms. The van der Waals surface area contributed by atoms with E-state index in [4.69, 9.17) is 11.6 Å². The van der Waals surface area contributed by atoms with Crippen molar-refractivity contribution in [2.24, 2.45) is 5.92 Å². The van der Waals surface area contributed by atoms with Crippen molar-refractivity contribution in [3.05, 3.63) is 63.9 Å². The molecule has 2 atom stereocenters. The molecule has 2 aromatic carbocycles. The number of anilines is 1. The molecule has 1 fully saturated rings. The Labute approximate surface area is 157 Å². The molecule has 1 heterocycles. The van der Waals surface area contributed by atoms with Crippen molar-refractivity contribution in [1.82, 2.24) is 4.90 Å². The van der Waals surface area contributed by atoms with Gasteiger partial charge in [-0.25, -0.2) is 4.39 Å². The summed E-state index contributed by atoms with van der Waals surface area (Å²) < 4.78 is 13.7. The fraction of sp³-hybridized carbons (Fsp3) is 0.300. The van der Waals surface area contributed by atoms with E-state index in [1.807, 2.05) is 25.1 Å². The average molecular weight is 375 g/mol. The smallest absolute Gasteiger partial charge is 0.237 e. The third-order valence-electron chi connectivity index (χ3n) is 4.95. The number of likely N-dealkylation sites (tertiary alicyclic amines) is 1. The van der Waals surface area contributed by atoms with Gasteiger partial charge in [0.25, 0.3) is 0 Å². The topological polar surface area (TPSA) is 49.4 Å². The molecule has 0 spiro atoms. The minimum atomic E-state index is -0.874. The molecular weight excluding hydrogens is 355 g/mol. The maximum Gasteiger partial charge on any atom is 0.237 e. The van der Waals surface area contributed by atoms with Gasteiger partial charge >= 0.3 is 0 Å². The van der Waals surface area contributed by atoms with Gasteiger partial charge in [-0.05, 0) is 43.2 Å². The molecule has 0 saturated carbocycles. The van der Waals surface area contributed by atoms with Gasteiger partial charge in [0.05, 0.1) is 0 Å². The minimum Gasteiger partial charge on any atom is -0.344 e. The highest BCUT2D eigenvalue weighted by Crippen LogP contribution is 2.35. The molecule has 1 aliphatic heterocycles. The monoisotopic (exact) mass is 374 g/mol. The fourth-order valence-corrected chi connectivity index (χ4v) is 3.47. The van der Waals surface area contributed by atoms with Crippen LogP contribution in [0.25, 0.3) is 0 Å². The summed E-state index contributed by atoms with van der Waals surface area (Å²) in [6.07, 6.45) is 0. The number of benzene rings is 2. The number of halogens is 2. The lowest BCUT2D eigenvalue weighted by molar-refractivity contribution is -0.135. The van der Waals surface area contributed by atoms with Crippen molar-refractivity contribution >= 4 is 29.1 Å². The number of hydrogen-bond donors (Lipinski definition) is 1. The van der Waals surface area contributed by atoms with Gasteiger partial charge in [-0.3, -0.25) is 9.59 Å². The zero-order valence-electron chi connectivity index (χ0n) is 14.8. The predicted octanol–water partition coefficient (Wildman–Crippen LogP) is 3.91. The van der Waals surface area contributed by atoms with Gasteiger partial charge in [0.1, 0.15) is 11.7 Å². The highest BCUT2D eigenvalue weighted by atomic mass is 35.5. The number of likely N-dealkylation sites (N-methyl/N-ethyl adjacent to an activating group) is 1. The standard InChI is InChI=1S/C20H20ClFN2O2/c1-11-7-8-13(9-15(11)21)14-10-24(3)20(26)18(14)19(25)23-17-6-4-5-16(22)12(17)2/h4-9,14,18H,10H2,1-3H3,(H,23,25)/t14-,18+/m1/s1. The Balaban J connectivity index is 1.91. The Kier molecular flexibility index (Phi) is 5.01. The van der Waals surface area contributed by atoms with Gasteiger partial charge in [0, 0.05) is 35.8 Å². The normalized spacial score (nSPS) is 19.7. The third-order valence-corrected chi connectivity index (χ3v) is 5.35. The van der Waals surface area contributed by atoms with Crippen LogP contribution in [0.15, 0.2) is 36.4 Å². The van der Waals surface area contributed by atoms with E-state index in [1.54, 1.807) is 24.9 Å². The van der Waals surface area contributed by atoms with Gasteiger partial charge in [-0.2, -0.15) is 0 Å². The van der Waals surface area contributed by atoms with Crippen molar-refractivity contribution < 1.29 is 14.0 Å². The Bertz CT molecular complexity index is 884. The molecule has 2 amide bonds. The number of amides is 2. The van der Waals surface area contributed by atoms with E-state index in [0.717, 1.165) is 11.1 Å². The third kappa shape index (κ3) is 3.31. The minimum absolute atomic E-state index is 0.252. The number of carbonyl (C=O) groups excluding carboxylic acids is 2. The van der Waals surface area contributed by atoms with Gasteiger partial charge in [-0.1, -0.05) is 29.8 Å². The molecule has 1 N–H and O–H groups in total.